The lowest BCUT2D eigenvalue weighted by molar-refractivity contribution is -0.136. The Hall–Kier alpha value is -2.72. The maximum atomic E-state index is 12.9. The number of carbonyl (C=O) groups is 1. The zero-order valence-electron chi connectivity index (χ0n) is 18.5. The fourth-order valence-corrected chi connectivity index (χ4v) is 6.26. The lowest BCUT2D eigenvalue weighted by Crippen LogP contribution is -2.31. The summed E-state index contributed by atoms with van der Waals surface area (Å²) < 4.78 is 38.6. The van der Waals surface area contributed by atoms with Gasteiger partial charge in [0.15, 0.2) is 0 Å². The van der Waals surface area contributed by atoms with Crippen LogP contribution >= 0.6 is 11.3 Å². The minimum atomic E-state index is -4.24. The highest BCUT2D eigenvalue weighted by atomic mass is 32.1. The minimum absolute atomic E-state index is 0.0288. The molecule has 2 aromatic heterocycles. The number of fused-ring (bicyclic) bond motifs is 1. The molecule has 5 rings (SSSR count). The van der Waals surface area contributed by atoms with Crippen molar-refractivity contribution >= 4 is 33.3 Å². The van der Waals surface area contributed by atoms with Crippen LogP contribution < -0.4 is 4.90 Å². The number of hydrogen-bond acceptors (Lipinski definition) is 6. The van der Waals surface area contributed by atoms with Crippen LogP contribution in [-0.2, 0) is 24.2 Å². The molecule has 1 aromatic carbocycles. The van der Waals surface area contributed by atoms with Gasteiger partial charge in [-0.1, -0.05) is 24.3 Å². The van der Waals surface area contributed by atoms with E-state index in [1.54, 1.807) is 6.07 Å². The lowest BCUT2D eigenvalue weighted by Gasteiger charge is -2.25. The molecule has 10 heteroatoms. The molecule has 2 fully saturated rings. The summed E-state index contributed by atoms with van der Waals surface area (Å²) >= 11 is 1.09. The number of alkyl halides is 3. The third kappa shape index (κ3) is 5.02. The number of aliphatic carboxylic acids is 1. The largest absolute Gasteiger partial charge is 0.481 e. The smallest absolute Gasteiger partial charge is 0.393 e. The molecule has 0 aliphatic carbocycles. The Morgan fingerprint density at radius 3 is 2.56 bits per heavy atom. The predicted molar refractivity (Wildman–Crippen MR) is 124 cm³/mol. The van der Waals surface area contributed by atoms with Crippen LogP contribution in [0.3, 0.4) is 0 Å². The molecule has 2 aliphatic heterocycles. The van der Waals surface area contributed by atoms with E-state index in [2.05, 4.69) is 19.8 Å². The van der Waals surface area contributed by atoms with Crippen LogP contribution in [0.15, 0.2) is 36.7 Å². The van der Waals surface area contributed by atoms with E-state index in [-0.39, 0.29) is 16.7 Å². The SMILES string of the molecule is O=C(O)Cc1ccc(CN2CCC3(CCN(c4ncnc5sc(CC(F)(F)F)cc45)C3)C2)cc1. The quantitative estimate of drug-likeness (QED) is 0.548. The van der Waals surface area contributed by atoms with Gasteiger partial charge in [0.2, 0.25) is 0 Å². The van der Waals surface area contributed by atoms with Gasteiger partial charge in [0, 0.05) is 36.5 Å². The molecular formula is C24H25F3N4O2S. The van der Waals surface area contributed by atoms with Crippen molar-refractivity contribution < 1.29 is 23.1 Å². The van der Waals surface area contributed by atoms with Crippen LogP contribution in [0.25, 0.3) is 10.2 Å². The van der Waals surface area contributed by atoms with Crippen LogP contribution in [0.4, 0.5) is 19.0 Å². The standard InChI is InChI=1S/C24H25F3N4O2S/c25-24(26,27)11-18-10-19-21(28-15-29-22(19)34-18)31-8-6-23(14-31)5-7-30(13-23)12-17-3-1-16(2-4-17)9-20(32)33/h1-4,10,15H,5-9,11-14H2,(H,32,33). The summed E-state index contributed by atoms with van der Waals surface area (Å²) in [7, 11) is 0. The molecule has 0 bridgehead atoms. The Kier molecular flexibility index (Phi) is 5.97. The Labute approximate surface area is 199 Å². The van der Waals surface area contributed by atoms with Crippen LogP contribution in [-0.4, -0.2) is 58.3 Å². The van der Waals surface area contributed by atoms with E-state index >= 15 is 0 Å². The summed E-state index contributed by atoms with van der Waals surface area (Å²) in [5.74, 6) is -0.0981. The Morgan fingerprint density at radius 2 is 1.82 bits per heavy atom. The van der Waals surface area contributed by atoms with Crippen molar-refractivity contribution in [2.75, 3.05) is 31.1 Å². The first kappa shape index (κ1) is 23.0. The number of benzene rings is 1. The van der Waals surface area contributed by atoms with Crippen molar-refractivity contribution in [1.29, 1.82) is 0 Å². The van der Waals surface area contributed by atoms with Crippen molar-refractivity contribution in [2.24, 2.45) is 5.41 Å². The molecule has 1 N–H and O–H groups in total. The molecule has 180 valence electrons. The topological polar surface area (TPSA) is 69.6 Å². The second kappa shape index (κ2) is 8.81. The number of halogens is 3. The molecule has 0 radical (unpaired) electrons. The molecule has 4 heterocycles. The van der Waals surface area contributed by atoms with Crippen molar-refractivity contribution in [1.82, 2.24) is 14.9 Å². The highest BCUT2D eigenvalue weighted by Crippen LogP contribution is 2.43. The van der Waals surface area contributed by atoms with E-state index < -0.39 is 18.6 Å². The van der Waals surface area contributed by atoms with E-state index in [1.807, 2.05) is 24.3 Å². The highest BCUT2D eigenvalue weighted by Gasteiger charge is 2.44. The van der Waals surface area contributed by atoms with Crippen LogP contribution in [0, 0.1) is 5.41 Å². The van der Waals surface area contributed by atoms with E-state index in [1.165, 1.54) is 6.33 Å². The van der Waals surface area contributed by atoms with Crippen molar-refractivity contribution in [3.05, 3.63) is 52.7 Å². The molecule has 6 nitrogen and oxygen atoms in total. The van der Waals surface area contributed by atoms with Crippen LogP contribution in [0.2, 0.25) is 0 Å². The summed E-state index contributed by atoms with van der Waals surface area (Å²) in [6.07, 6.45) is -1.61. The van der Waals surface area contributed by atoms with Crippen LogP contribution in [0.1, 0.15) is 28.8 Å². The van der Waals surface area contributed by atoms with E-state index in [9.17, 15) is 18.0 Å². The number of thiophene rings is 1. The Bertz CT molecular complexity index is 1200. The number of carboxylic acids is 1. The second-order valence-electron chi connectivity index (χ2n) is 9.44. The number of hydrogen-bond donors (Lipinski definition) is 1. The maximum Gasteiger partial charge on any atom is 0.393 e. The highest BCUT2D eigenvalue weighted by molar-refractivity contribution is 7.18. The maximum absolute atomic E-state index is 12.9. The minimum Gasteiger partial charge on any atom is -0.481 e. The van der Waals surface area contributed by atoms with Crippen molar-refractivity contribution in [3.8, 4) is 0 Å². The summed E-state index contributed by atoms with van der Waals surface area (Å²) in [4.78, 5) is 25.0. The third-order valence-corrected chi connectivity index (χ3v) is 7.82. The molecule has 1 unspecified atom stereocenters. The average Bonchev–Trinajstić information content (AvgIpc) is 3.46. The van der Waals surface area contributed by atoms with Gasteiger partial charge in [-0.2, -0.15) is 13.2 Å². The van der Waals surface area contributed by atoms with Gasteiger partial charge >= 0.3 is 12.1 Å². The normalized spacial score (nSPS) is 21.2. The molecule has 3 aromatic rings. The molecule has 0 amide bonds. The van der Waals surface area contributed by atoms with Gasteiger partial charge in [-0.05, 0) is 36.6 Å². The number of likely N-dealkylation sites (tertiary alicyclic amines) is 1. The number of aromatic nitrogens is 2. The number of anilines is 1. The van der Waals surface area contributed by atoms with Gasteiger partial charge in [0.05, 0.1) is 18.2 Å². The molecule has 34 heavy (non-hydrogen) atoms. The lowest BCUT2D eigenvalue weighted by atomic mass is 9.86. The number of nitrogens with zero attached hydrogens (tertiary/aromatic N) is 4. The Balaban J connectivity index is 1.25. The first-order valence-electron chi connectivity index (χ1n) is 11.3. The first-order valence-corrected chi connectivity index (χ1v) is 12.1. The second-order valence-corrected chi connectivity index (χ2v) is 10.6. The van der Waals surface area contributed by atoms with Gasteiger partial charge in [-0.25, -0.2) is 9.97 Å². The number of carboxylic acid groups (broad SMARTS) is 1. The van der Waals surface area contributed by atoms with Gasteiger partial charge in [-0.3, -0.25) is 9.69 Å². The van der Waals surface area contributed by atoms with Crippen LogP contribution in [0.5, 0.6) is 0 Å². The van der Waals surface area contributed by atoms with Gasteiger partial charge in [-0.15, -0.1) is 11.3 Å². The summed E-state index contributed by atoms with van der Waals surface area (Å²) in [6.45, 7) is 4.42. The Morgan fingerprint density at radius 1 is 1.09 bits per heavy atom. The van der Waals surface area contributed by atoms with E-state index in [4.69, 9.17) is 5.11 Å². The fourth-order valence-electron chi connectivity index (χ4n) is 5.24. The average molecular weight is 491 g/mol. The molecule has 1 atom stereocenters. The molecule has 0 saturated carbocycles. The third-order valence-electron chi connectivity index (χ3n) is 6.77. The fraction of sp³-hybridized carbons (Fsp3) is 0.458. The first-order chi connectivity index (χ1) is 16.2. The van der Waals surface area contributed by atoms with Gasteiger partial charge in [0.25, 0.3) is 0 Å². The zero-order valence-corrected chi connectivity index (χ0v) is 19.3. The summed E-state index contributed by atoms with van der Waals surface area (Å²) in [6, 6.07) is 9.35. The van der Waals surface area contributed by atoms with Gasteiger partial charge < -0.3 is 10.0 Å². The van der Waals surface area contributed by atoms with Crippen molar-refractivity contribution in [2.45, 2.75) is 38.4 Å². The number of rotatable bonds is 6. The zero-order chi connectivity index (χ0) is 23.9. The molecule has 1 spiro atoms. The molecule has 2 saturated heterocycles. The van der Waals surface area contributed by atoms with E-state index in [0.717, 1.165) is 73.8 Å². The molecule has 2 aliphatic rings. The van der Waals surface area contributed by atoms with E-state index in [0.29, 0.717) is 10.2 Å². The molecular weight excluding hydrogens is 465 g/mol. The summed E-state index contributed by atoms with van der Waals surface area (Å²) in [5.41, 5.74) is 2.10. The van der Waals surface area contributed by atoms with Crippen molar-refractivity contribution in [3.63, 3.8) is 0 Å². The predicted octanol–water partition coefficient (Wildman–Crippen LogP) is 4.53. The summed E-state index contributed by atoms with van der Waals surface area (Å²) in [5, 5.41) is 9.64. The van der Waals surface area contributed by atoms with Gasteiger partial charge in [0.1, 0.15) is 17.0 Å². The monoisotopic (exact) mass is 490 g/mol.